The number of halogens is 1. The fourth-order valence-electron chi connectivity index (χ4n) is 2.46. The van der Waals surface area contributed by atoms with Crippen LogP contribution in [0.25, 0.3) is 11.1 Å². The van der Waals surface area contributed by atoms with Gasteiger partial charge in [-0.1, -0.05) is 12.1 Å². The Morgan fingerprint density at radius 2 is 1.88 bits per heavy atom. The van der Waals surface area contributed by atoms with E-state index < -0.39 is 5.97 Å². The average Bonchev–Trinajstić information content (AvgIpc) is 2.89. The van der Waals surface area contributed by atoms with E-state index in [9.17, 15) is 14.0 Å². The van der Waals surface area contributed by atoms with Crippen LogP contribution in [0.4, 0.5) is 4.39 Å². The van der Waals surface area contributed by atoms with Crippen LogP contribution in [0, 0.1) is 12.7 Å². The minimum Gasteiger partial charge on any atom is -0.481 e. The van der Waals surface area contributed by atoms with Gasteiger partial charge in [0.15, 0.2) is 0 Å². The van der Waals surface area contributed by atoms with Crippen molar-refractivity contribution >= 4 is 23.2 Å². The summed E-state index contributed by atoms with van der Waals surface area (Å²) in [5, 5.41) is 8.85. The van der Waals surface area contributed by atoms with Crippen molar-refractivity contribution in [1.82, 2.24) is 4.90 Å². The van der Waals surface area contributed by atoms with E-state index >= 15 is 0 Å². The fourth-order valence-corrected chi connectivity index (χ4v) is 3.45. The molecule has 0 saturated carbocycles. The lowest BCUT2D eigenvalue weighted by atomic mass is 10.1. The Morgan fingerprint density at radius 3 is 2.42 bits per heavy atom. The van der Waals surface area contributed by atoms with Crippen LogP contribution in [0.5, 0.6) is 0 Å². The molecule has 0 bridgehead atoms. The molecule has 0 saturated heterocycles. The zero-order valence-corrected chi connectivity index (χ0v) is 14.7. The first-order chi connectivity index (χ1) is 11.3. The van der Waals surface area contributed by atoms with Crippen LogP contribution >= 0.6 is 11.3 Å². The van der Waals surface area contributed by atoms with Gasteiger partial charge in [-0.25, -0.2) is 4.39 Å². The molecule has 0 unspecified atom stereocenters. The van der Waals surface area contributed by atoms with Gasteiger partial charge in [0.2, 0.25) is 0 Å². The quantitative estimate of drug-likeness (QED) is 0.851. The van der Waals surface area contributed by atoms with Crippen LogP contribution in [0.15, 0.2) is 30.3 Å². The summed E-state index contributed by atoms with van der Waals surface area (Å²) in [6, 6.07) is 7.86. The molecule has 128 valence electrons. The summed E-state index contributed by atoms with van der Waals surface area (Å²) in [5.74, 6) is -1.40. The van der Waals surface area contributed by atoms with Gasteiger partial charge in [-0.3, -0.25) is 9.59 Å². The van der Waals surface area contributed by atoms with Gasteiger partial charge >= 0.3 is 5.97 Å². The number of thiophene rings is 1. The van der Waals surface area contributed by atoms with Gasteiger partial charge in [-0.15, -0.1) is 11.3 Å². The molecule has 0 aliphatic carbocycles. The number of nitrogens with zero attached hydrogens (tertiary/aromatic N) is 1. The van der Waals surface area contributed by atoms with Crippen molar-refractivity contribution in [2.24, 2.45) is 0 Å². The number of aliphatic carboxylic acids is 1. The SMILES string of the molecule is Cc1sc(C(=O)N(CCC(=O)O)C(C)C)cc1-c1ccc(F)cc1. The van der Waals surface area contributed by atoms with Gasteiger partial charge in [-0.05, 0) is 50.1 Å². The molecule has 0 fully saturated rings. The lowest BCUT2D eigenvalue weighted by Gasteiger charge is -2.25. The molecule has 2 rings (SSSR count). The monoisotopic (exact) mass is 349 g/mol. The Hall–Kier alpha value is -2.21. The molecule has 1 amide bonds. The summed E-state index contributed by atoms with van der Waals surface area (Å²) in [4.78, 5) is 26.6. The van der Waals surface area contributed by atoms with Crippen LogP contribution in [-0.4, -0.2) is 34.5 Å². The van der Waals surface area contributed by atoms with E-state index in [-0.39, 0.29) is 30.7 Å². The standard InChI is InChI=1S/C18H20FNO3S/c1-11(2)20(9-8-17(21)22)18(23)16-10-15(12(3)24-16)13-4-6-14(19)7-5-13/h4-7,10-11H,8-9H2,1-3H3,(H,21,22). The van der Waals surface area contributed by atoms with E-state index in [4.69, 9.17) is 5.11 Å². The molecule has 1 N–H and O–H groups in total. The van der Waals surface area contributed by atoms with E-state index in [1.54, 1.807) is 23.1 Å². The number of carboxylic acids is 1. The highest BCUT2D eigenvalue weighted by molar-refractivity contribution is 7.14. The molecule has 6 heteroatoms. The van der Waals surface area contributed by atoms with Gasteiger partial charge in [-0.2, -0.15) is 0 Å². The van der Waals surface area contributed by atoms with Crippen LogP contribution in [0.2, 0.25) is 0 Å². The minimum absolute atomic E-state index is 0.0842. The molecule has 1 aromatic carbocycles. The Bertz CT molecular complexity index is 737. The average molecular weight is 349 g/mol. The number of carbonyl (C=O) groups excluding carboxylic acids is 1. The van der Waals surface area contributed by atoms with E-state index in [1.807, 2.05) is 20.8 Å². The molecule has 1 heterocycles. The largest absolute Gasteiger partial charge is 0.481 e. The number of amides is 1. The van der Waals surface area contributed by atoms with Crippen LogP contribution < -0.4 is 0 Å². The highest BCUT2D eigenvalue weighted by Crippen LogP contribution is 2.32. The predicted molar refractivity (Wildman–Crippen MR) is 92.9 cm³/mol. The number of hydrogen-bond donors (Lipinski definition) is 1. The number of aryl methyl sites for hydroxylation is 1. The maximum Gasteiger partial charge on any atom is 0.305 e. The predicted octanol–water partition coefficient (Wildman–Crippen LogP) is 4.19. The van der Waals surface area contributed by atoms with Crippen molar-refractivity contribution in [2.75, 3.05) is 6.54 Å². The number of carbonyl (C=O) groups is 2. The Labute approximate surface area is 144 Å². The molecule has 0 spiro atoms. The van der Waals surface area contributed by atoms with Gasteiger partial charge < -0.3 is 10.0 Å². The molecule has 24 heavy (non-hydrogen) atoms. The Balaban J connectivity index is 2.27. The third-order valence-electron chi connectivity index (χ3n) is 3.73. The molecule has 0 atom stereocenters. The Morgan fingerprint density at radius 1 is 1.25 bits per heavy atom. The second-order valence-electron chi connectivity index (χ2n) is 5.82. The van der Waals surface area contributed by atoms with Gasteiger partial charge in [0, 0.05) is 17.5 Å². The van der Waals surface area contributed by atoms with E-state index in [0.717, 1.165) is 16.0 Å². The zero-order valence-electron chi connectivity index (χ0n) is 13.9. The van der Waals surface area contributed by atoms with Crippen molar-refractivity contribution in [3.63, 3.8) is 0 Å². The van der Waals surface area contributed by atoms with E-state index in [0.29, 0.717) is 4.88 Å². The molecular formula is C18H20FNO3S. The fraction of sp³-hybridized carbons (Fsp3) is 0.333. The van der Waals surface area contributed by atoms with Crippen molar-refractivity contribution in [2.45, 2.75) is 33.2 Å². The number of hydrogen-bond acceptors (Lipinski definition) is 3. The topological polar surface area (TPSA) is 57.6 Å². The van der Waals surface area contributed by atoms with Crippen LogP contribution in [0.3, 0.4) is 0 Å². The zero-order chi connectivity index (χ0) is 17.9. The first kappa shape index (κ1) is 18.1. The third kappa shape index (κ3) is 4.20. The maximum absolute atomic E-state index is 13.1. The molecule has 0 radical (unpaired) electrons. The molecular weight excluding hydrogens is 329 g/mol. The first-order valence-electron chi connectivity index (χ1n) is 7.68. The second kappa shape index (κ2) is 7.57. The van der Waals surface area contributed by atoms with Crippen molar-refractivity contribution in [1.29, 1.82) is 0 Å². The van der Waals surface area contributed by atoms with Crippen LogP contribution in [-0.2, 0) is 4.79 Å². The summed E-state index contributed by atoms with van der Waals surface area (Å²) < 4.78 is 13.1. The number of benzene rings is 1. The number of carboxylic acid groups (broad SMARTS) is 1. The van der Waals surface area contributed by atoms with E-state index in [1.165, 1.54) is 23.5 Å². The van der Waals surface area contributed by atoms with Crippen molar-refractivity contribution in [3.05, 3.63) is 45.9 Å². The summed E-state index contributed by atoms with van der Waals surface area (Å²) >= 11 is 1.37. The molecule has 2 aromatic rings. The second-order valence-corrected chi connectivity index (χ2v) is 7.08. The lowest BCUT2D eigenvalue weighted by molar-refractivity contribution is -0.137. The highest BCUT2D eigenvalue weighted by atomic mass is 32.1. The number of rotatable bonds is 6. The minimum atomic E-state index is -0.928. The summed E-state index contributed by atoms with van der Waals surface area (Å²) in [6.45, 7) is 5.81. The smallest absolute Gasteiger partial charge is 0.305 e. The molecule has 4 nitrogen and oxygen atoms in total. The van der Waals surface area contributed by atoms with Crippen molar-refractivity contribution in [3.8, 4) is 11.1 Å². The summed E-state index contributed by atoms with van der Waals surface area (Å²) in [6.07, 6.45) is -0.0842. The summed E-state index contributed by atoms with van der Waals surface area (Å²) in [5.41, 5.74) is 1.75. The first-order valence-corrected chi connectivity index (χ1v) is 8.50. The van der Waals surface area contributed by atoms with Crippen molar-refractivity contribution < 1.29 is 19.1 Å². The van der Waals surface area contributed by atoms with Crippen LogP contribution in [0.1, 0.15) is 34.8 Å². The molecule has 1 aromatic heterocycles. The normalized spacial score (nSPS) is 10.9. The van der Waals surface area contributed by atoms with E-state index in [2.05, 4.69) is 0 Å². The molecule has 0 aliphatic heterocycles. The van der Waals surface area contributed by atoms with Gasteiger partial charge in [0.1, 0.15) is 5.82 Å². The third-order valence-corrected chi connectivity index (χ3v) is 4.77. The highest BCUT2D eigenvalue weighted by Gasteiger charge is 2.22. The molecule has 0 aliphatic rings. The van der Waals surface area contributed by atoms with Gasteiger partial charge in [0.05, 0.1) is 11.3 Å². The Kier molecular flexibility index (Phi) is 5.72. The lowest BCUT2D eigenvalue weighted by Crippen LogP contribution is -2.38. The van der Waals surface area contributed by atoms with Gasteiger partial charge in [0.25, 0.3) is 5.91 Å². The maximum atomic E-state index is 13.1. The summed E-state index contributed by atoms with van der Waals surface area (Å²) in [7, 11) is 0.